The third kappa shape index (κ3) is 4.12. The number of anilines is 2. The van der Waals surface area contributed by atoms with E-state index < -0.39 is 6.36 Å². The maximum absolute atomic E-state index is 13.1. The number of aliphatic imine (C=N–C) groups is 1. The van der Waals surface area contributed by atoms with E-state index in [1.807, 2.05) is 0 Å². The lowest BCUT2D eigenvalue weighted by molar-refractivity contribution is -0.274. The van der Waals surface area contributed by atoms with Gasteiger partial charge in [-0.1, -0.05) is 0 Å². The van der Waals surface area contributed by atoms with Crippen molar-refractivity contribution in [3.63, 3.8) is 0 Å². The van der Waals surface area contributed by atoms with E-state index in [0.717, 1.165) is 26.2 Å². The highest BCUT2D eigenvalue weighted by Crippen LogP contribution is 2.42. The summed E-state index contributed by atoms with van der Waals surface area (Å²) < 4.78 is 43.5. The molecule has 11 heteroatoms. The quantitative estimate of drug-likeness (QED) is 0.603. The van der Waals surface area contributed by atoms with Gasteiger partial charge in [0.1, 0.15) is 17.0 Å². The van der Waals surface area contributed by atoms with Crippen LogP contribution in [0.1, 0.15) is 28.0 Å². The van der Waals surface area contributed by atoms with Gasteiger partial charge in [0.15, 0.2) is 5.75 Å². The highest BCUT2D eigenvalue weighted by Gasteiger charge is 2.33. The number of alkyl halides is 3. The topological polar surface area (TPSA) is 79.7 Å². The Kier molecular flexibility index (Phi) is 5.23. The molecular weight excluding hydrogens is 455 g/mol. The number of nitrogens with one attached hydrogen (secondary N) is 1. The Bertz CT molecular complexity index is 1290. The Morgan fingerprint density at radius 2 is 2.09 bits per heavy atom. The largest absolute Gasteiger partial charge is 0.573 e. The molecule has 172 valence electrons. The molecule has 0 bridgehead atoms. The summed E-state index contributed by atoms with van der Waals surface area (Å²) >= 11 is 1.50. The van der Waals surface area contributed by atoms with Crippen LogP contribution in [0.4, 0.5) is 24.7 Å². The zero-order valence-corrected chi connectivity index (χ0v) is 18.7. The van der Waals surface area contributed by atoms with Gasteiger partial charge in [-0.3, -0.25) is 9.79 Å². The number of hydrogen-bond donors (Lipinski definition) is 1. The summed E-state index contributed by atoms with van der Waals surface area (Å²) in [7, 11) is 3.50. The first-order chi connectivity index (χ1) is 15.7. The molecule has 1 aromatic carbocycles. The molecule has 1 aliphatic heterocycles. The van der Waals surface area contributed by atoms with Crippen LogP contribution in [0.15, 0.2) is 23.5 Å². The van der Waals surface area contributed by atoms with Gasteiger partial charge in [-0.25, -0.2) is 9.97 Å². The van der Waals surface area contributed by atoms with Crippen LogP contribution in [-0.4, -0.2) is 47.4 Å². The third-order valence-corrected chi connectivity index (χ3v) is 7.01. The molecule has 0 saturated heterocycles. The average molecular weight is 475 g/mol. The lowest BCUT2D eigenvalue weighted by atomic mass is 9.87. The van der Waals surface area contributed by atoms with Gasteiger partial charge in [0, 0.05) is 31.1 Å². The molecule has 2 aliphatic rings. The summed E-state index contributed by atoms with van der Waals surface area (Å²) in [4.78, 5) is 28.7. The molecule has 0 radical (unpaired) electrons. The Morgan fingerprint density at radius 3 is 2.85 bits per heavy atom. The molecule has 0 spiro atoms. The molecule has 7 nitrogen and oxygen atoms in total. The van der Waals surface area contributed by atoms with Crippen molar-refractivity contribution in [1.82, 2.24) is 14.9 Å². The number of amides is 1. The van der Waals surface area contributed by atoms with E-state index in [9.17, 15) is 18.0 Å². The van der Waals surface area contributed by atoms with E-state index >= 15 is 0 Å². The van der Waals surface area contributed by atoms with E-state index in [0.29, 0.717) is 37.2 Å². The number of benzene rings is 1. The number of carbonyl (C=O) groups excluding carboxylic acids is 1. The van der Waals surface area contributed by atoms with Crippen molar-refractivity contribution in [2.24, 2.45) is 10.9 Å². The standard InChI is InChI=1S/C22H20F3N5O2S/c1-30(2)21(31)11-3-4-14-17(7-11)33-20-18(14)19(27-10-28-20)29-15-5-12-8-26-9-13(12)6-16(15)32-22(23,24)25/h5-6,8,10-11H,3-4,7,9H2,1-2H3,(H,27,28,29)/t11-/m0/s1. The Morgan fingerprint density at radius 1 is 1.27 bits per heavy atom. The Balaban J connectivity index is 1.54. The van der Waals surface area contributed by atoms with Crippen molar-refractivity contribution in [1.29, 1.82) is 0 Å². The normalized spacial score (nSPS) is 17.1. The number of ether oxygens (including phenoxy) is 1. The molecule has 33 heavy (non-hydrogen) atoms. The fourth-order valence-electron chi connectivity index (χ4n) is 4.35. The lowest BCUT2D eigenvalue weighted by Crippen LogP contribution is -2.32. The van der Waals surface area contributed by atoms with Crippen LogP contribution in [0.25, 0.3) is 10.2 Å². The first kappa shape index (κ1) is 21.6. The van der Waals surface area contributed by atoms with Crippen LogP contribution in [0, 0.1) is 5.92 Å². The zero-order valence-electron chi connectivity index (χ0n) is 17.9. The molecular formula is C22H20F3N5O2S. The highest BCUT2D eigenvalue weighted by molar-refractivity contribution is 7.19. The second kappa shape index (κ2) is 7.98. The van der Waals surface area contributed by atoms with E-state index in [-0.39, 0.29) is 23.3 Å². The van der Waals surface area contributed by atoms with Crippen molar-refractivity contribution in [2.45, 2.75) is 32.2 Å². The number of aromatic nitrogens is 2. The van der Waals surface area contributed by atoms with Crippen molar-refractivity contribution in [3.8, 4) is 5.75 Å². The lowest BCUT2D eigenvalue weighted by Gasteiger charge is -2.24. The fourth-order valence-corrected chi connectivity index (χ4v) is 5.62. The van der Waals surface area contributed by atoms with Gasteiger partial charge in [0.05, 0.1) is 17.6 Å². The second-order valence-corrected chi connectivity index (χ2v) is 9.35. The summed E-state index contributed by atoms with van der Waals surface area (Å²) in [6, 6.07) is 2.95. The van der Waals surface area contributed by atoms with Gasteiger partial charge in [-0.05, 0) is 48.1 Å². The van der Waals surface area contributed by atoms with Crippen molar-refractivity contribution in [3.05, 3.63) is 40.0 Å². The van der Waals surface area contributed by atoms with Crippen LogP contribution in [-0.2, 0) is 24.2 Å². The van der Waals surface area contributed by atoms with Crippen molar-refractivity contribution >= 4 is 45.2 Å². The number of thiophene rings is 1. The summed E-state index contributed by atoms with van der Waals surface area (Å²) in [5, 5.41) is 3.83. The summed E-state index contributed by atoms with van der Waals surface area (Å²) in [6.07, 6.45) is 0.160. The number of hydrogen-bond acceptors (Lipinski definition) is 7. The molecule has 1 atom stereocenters. The van der Waals surface area contributed by atoms with Crippen LogP contribution in [0.2, 0.25) is 0 Å². The van der Waals surface area contributed by atoms with Crippen LogP contribution in [0.5, 0.6) is 5.75 Å². The van der Waals surface area contributed by atoms with E-state index in [2.05, 4.69) is 25.0 Å². The molecule has 1 aliphatic carbocycles. The SMILES string of the molecule is CN(C)C(=O)[C@H]1CCc2c(sc3ncnc(Nc4cc5c(cc4OC(F)(F)F)CN=C5)c23)C1. The highest BCUT2D eigenvalue weighted by atomic mass is 32.1. The number of carbonyl (C=O) groups is 1. The first-order valence-electron chi connectivity index (χ1n) is 10.4. The number of fused-ring (bicyclic) bond motifs is 4. The van der Waals surface area contributed by atoms with Crippen LogP contribution >= 0.6 is 11.3 Å². The van der Waals surface area contributed by atoms with Crippen molar-refractivity contribution in [2.75, 3.05) is 19.4 Å². The monoisotopic (exact) mass is 475 g/mol. The van der Waals surface area contributed by atoms with Crippen LogP contribution in [0.3, 0.4) is 0 Å². The maximum Gasteiger partial charge on any atom is 0.573 e. The van der Waals surface area contributed by atoms with E-state index in [4.69, 9.17) is 0 Å². The smallest absolute Gasteiger partial charge is 0.404 e. The van der Waals surface area contributed by atoms with E-state index in [1.165, 1.54) is 23.7 Å². The molecule has 3 heterocycles. The summed E-state index contributed by atoms with van der Waals surface area (Å²) in [5.74, 6) is 0.0834. The summed E-state index contributed by atoms with van der Waals surface area (Å²) in [5.41, 5.74) is 2.59. The third-order valence-electron chi connectivity index (χ3n) is 5.85. The minimum Gasteiger partial charge on any atom is -0.404 e. The van der Waals surface area contributed by atoms with Gasteiger partial charge >= 0.3 is 6.36 Å². The van der Waals surface area contributed by atoms with Gasteiger partial charge in [-0.2, -0.15) is 0 Å². The molecule has 1 N–H and O–H groups in total. The minimum absolute atomic E-state index is 0.0901. The number of aryl methyl sites for hydroxylation is 1. The van der Waals surface area contributed by atoms with Gasteiger partial charge in [0.2, 0.25) is 5.91 Å². The average Bonchev–Trinajstić information content (AvgIpc) is 3.35. The molecule has 0 unspecified atom stereocenters. The second-order valence-electron chi connectivity index (χ2n) is 8.27. The molecule has 0 fully saturated rings. The number of nitrogens with zero attached hydrogens (tertiary/aromatic N) is 4. The molecule has 5 rings (SSSR count). The van der Waals surface area contributed by atoms with E-state index in [1.54, 1.807) is 31.3 Å². The van der Waals surface area contributed by atoms with Gasteiger partial charge in [0.25, 0.3) is 0 Å². The predicted octanol–water partition coefficient (Wildman–Crippen LogP) is 4.46. The maximum atomic E-state index is 13.1. The summed E-state index contributed by atoms with van der Waals surface area (Å²) in [6.45, 7) is 0.312. The molecule has 3 aromatic rings. The Labute approximate surface area is 191 Å². The van der Waals surface area contributed by atoms with Gasteiger partial charge < -0.3 is 15.0 Å². The molecule has 1 amide bonds. The zero-order chi connectivity index (χ0) is 23.3. The number of rotatable bonds is 4. The van der Waals surface area contributed by atoms with Gasteiger partial charge in [-0.15, -0.1) is 24.5 Å². The minimum atomic E-state index is -4.83. The molecule has 0 saturated carbocycles. The predicted molar refractivity (Wildman–Crippen MR) is 119 cm³/mol. The number of halogens is 3. The first-order valence-corrected chi connectivity index (χ1v) is 11.2. The Hall–Kier alpha value is -3.21. The fraction of sp³-hybridized carbons (Fsp3) is 0.364. The van der Waals surface area contributed by atoms with Crippen LogP contribution < -0.4 is 10.1 Å². The molecule has 2 aromatic heterocycles. The van der Waals surface area contributed by atoms with Crippen molar-refractivity contribution < 1.29 is 22.7 Å².